The summed E-state index contributed by atoms with van der Waals surface area (Å²) < 4.78 is 65.5. The van der Waals surface area contributed by atoms with Gasteiger partial charge in [-0.1, -0.05) is 11.6 Å². The van der Waals surface area contributed by atoms with Crippen molar-refractivity contribution in [3.05, 3.63) is 28.9 Å². The van der Waals surface area contributed by atoms with Crippen LogP contribution in [0.4, 0.5) is 18.9 Å². The van der Waals surface area contributed by atoms with Gasteiger partial charge in [0.25, 0.3) is 0 Å². The van der Waals surface area contributed by atoms with Crippen LogP contribution in [0.5, 0.6) is 0 Å². The maximum Gasteiger partial charge on any atom is 0.451 e. The van der Waals surface area contributed by atoms with E-state index < -0.39 is 28.2 Å². The molecule has 2 fully saturated rings. The third-order valence-electron chi connectivity index (χ3n) is 6.95. The molecule has 14 heteroatoms. The molecule has 2 aromatic rings. The van der Waals surface area contributed by atoms with E-state index in [1.165, 1.54) is 20.5 Å². The van der Waals surface area contributed by atoms with Crippen molar-refractivity contribution in [2.24, 2.45) is 5.10 Å². The zero-order chi connectivity index (χ0) is 25.7. The average molecular weight is 548 g/mol. The standard InChI is InChI=1S/C22H29ClF3N7O2S/c1-36(34,35)31-6-2-16(3-7-31)28-18-12-15(23)10-14-11-17(29-20(14)18)4-8-33-19-13-27-5-9-32(19)21(30-33)22(24,25)26/h10-12,16,19,27-29H,2-9,13H2,1H3. The quantitative estimate of drug-likeness (QED) is 0.515. The van der Waals surface area contributed by atoms with E-state index >= 15 is 0 Å². The molecule has 3 aliphatic heterocycles. The Kier molecular flexibility index (Phi) is 6.77. The summed E-state index contributed by atoms with van der Waals surface area (Å²) in [4.78, 5) is 4.73. The number of benzene rings is 1. The first-order valence-electron chi connectivity index (χ1n) is 11.9. The van der Waals surface area contributed by atoms with Gasteiger partial charge in [0.15, 0.2) is 0 Å². The summed E-state index contributed by atoms with van der Waals surface area (Å²) >= 11 is 6.36. The highest BCUT2D eigenvalue weighted by molar-refractivity contribution is 7.88. The van der Waals surface area contributed by atoms with Crippen LogP contribution in [-0.2, 0) is 16.4 Å². The first kappa shape index (κ1) is 25.4. The molecule has 4 heterocycles. The largest absolute Gasteiger partial charge is 0.451 e. The molecule has 1 aromatic carbocycles. The van der Waals surface area contributed by atoms with Crippen LogP contribution >= 0.6 is 11.6 Å². The van der Waals surface area contributed by atoms with Crippen molar-refractivity contribution in [1.82, 2.24) is 24.5 Å². The number of alkyl halides is 3. The maximum absolute atomic E-state index is 13.5. The van der Waals surface area contributed by atoms with E-state index in [2.05, 4.69) is 20.7 Å². The lowest BCUT2D eigenvalue weighted by molar-refractivity contribution is -0.0696. The monoisotopic (exact) mass is 547 g/mol. The van der Waals surface area contributed by atoms with Gasteiger partial charge in [0, 0.05) is 67.8 Å². The number of H-pyrrole nitrogens is 1. The molecule has 5 rings (SSSR count). The minimum atomic E-state index is -4.49. The van der Waals surface area contributed by atoms with E-state index in [9.17, 15) is 21.6 Å². The van der Waals surface area contributed by atoms with Gasteiger partial charge in [-0.15, -0.1) is 0 Å². The molecule has 1 atom stereocenters. The predicted molar refractivity (Wildman–Crippen MR) is 134 cm³/mol. The highest BCUT2D eigenvalue weighted by Gasteiger charge is 2.48. The van der Waals surface area contributed by atoms with Crippen LogP contribution in [0.3, 0.4) is 0 Å². The number of hydrogen-bond acceptors (Lipinski definition) is 7. The molecule has 36 heavy (non-hydrogen) atoms. The van der Waals surface area contributed by atoms with Crippen molar-refractivity contribution in [2.45, 2.75) is 37.6 Å². The summed E-state index contributed by atoms with van der Waals surface area (Å²) in [6, 6.07) is 5.73. The van der Waals surface area contributed by atoms with Gasteiger partial charge < -0.3 is 20.5 Å². The number of piperazine rings is 1. The number of nitrogens with one attached hydrogen (secondary N) is 3. The summed E-state index contributed by atoms with van der Waals surface area (Å²) in [6.45, 7) is 2.42. The van der Waals surface area contributed by atoms with Crippen molar-refractivity contribution < 1.29 is 21.6 Å². The van der Waals surface area contributed by atoms with E-state index in [0.29, 0.717) is 57.0 Å². The fourth-order valence-electron chi connectivity index (χ4n) is 5.17. The average Bonchev–Trinajstić information content (AvgIpc) is 3.39. The normalized spacial score (nSPS) is 22.2. The Hall–Kier alpha value is -2.22. The van der Waals surface area contributed by atoms with Gasteiger partial charge in [-0.25, -0.2) is 12.7 Å². The molecular weight excluding hydrogens is 519 g/mol. The van der Waals surface area contributed by atoms with E-state index in [1.54, 1.807) is 0 Å². The Morgan fingerprint density at radius 3 is 2.64 bits per heavy atom. The maximum atomic E-state index is 13.5. The van der Waals surface area contributed by atoms with Gasteiger partial charge in [-0.2, -0.15) is 18.3 Å². The van der Waals surface area contributed by atoms with E-state index in [-0.39, 0.29) is 12.6 Å². The molecular formula is C22H29ClF3N7O2S. The molecule has 0 saturated carbocycles. The van der Waals surface area contributed by atoms with Gasteiger partial charge in [-0.3, -0.25) is 5.01 Å². The number of hydrogen-bond donors (Lipinski definition) is 3. The highest BCUT2D eigenvalue weighted by Crippen LogP contribution is 2.32. The first-order valence-corrected chi connectivity index (χ1v) is 14.1. The number of rotatable bonds is 6. The predicted octanol–water partition coefficient (Wildman–Crippen LogP) is 2.62. The summed E-state index contributed by atoms with van der Waals surface area (Å²) in [5.41, 5.74) is 2.55. The molecule has 0 aliphatic carbocycles. The molecule has 1 aromatic heterocycles. The van der Waals surface area contributed by atoms with Gasteiger partial charge in [0.2, 0.25) is 15.9 Å². The summed E-state index contributed by atoms with van der Waals surface area (Å²) in [5.74, 6) is -0.828. The second-order valence-electron chi connectivity index (χ2n) is 9.51. The molecule has 198 valence electrons. The third kappa shape index (κ3) is 5.24. The molecule has 1 unspecified atom stereocenters. The minimum absolute atomic E-state index is 0.0981. The first-order chi connectivity index (χ1) is 17.0. The zero-order valence-electron chi connectivity index (χ0n) is 19.8. The van der Waals surface area contributed by atoms with Crippen LogP contribution in [0.15, 0.2) is 23.3 Å². The number of aromatic amines is 1. The van der Waals surface area contributed by atoms with Gasteiger partial charge >= 0.3 is 6.18 Å². The molecule has 3 aliphatic rings. The van der Waals surface area contributed by atoms with Crippen molar-refractivity contribution in [1.29, 1.82) is 0 Å². The van der Waals surface area contributed by atoms with Crippen LogP contribution in [0, 0.1) is 0 Å². The van der Waals surface area contributed by atoms with Gasteiger partial charge in [0.1, 0.15) is 6.17 Å². The number of hydrazone groups is 1. The lowest BCUT2D eigenvalue weighted by atomic mass is 10.1. The minimum Gasteiger partial charge on any atom is -0.380 e. The number of halogens is 4. The SMILES string of the molecule is CS(=O)(=O)N1CCC(Nc2cc(Cl)cc3cc(CCN4N=C(C(F)(F)F)N5CCNCC45)[nH]c23)CC1. The van der Waals surface area contributed by atoms with Crippen molar-refractivity contribution in [3.63, 3.8) is 0 Å². The fourth-order valence-corrected chi connectivity index (χ4v) is 6.27. The number of sulfonamides is 1. The number of anilines is 1. The van der Waals surface area contributed by atoms with Crippen LogP contribution in [-0.4, -0.2) is 97.4 Å². The second-order valence-corrected chi connectivity index (χ2v) is 11.9. The lowest BCUT2D eigenvalue weighted by Gasteiger charge is -2.36. The number of nitrogens with zero attached hydrogens (tertiary/aromatic N) is 4. The van der Waals surface area contributed by atoms with Crippen molar-refractivity contribution >= 4 is 44.1 Å². The molecule has 0 amide bonds. The Bertz CT molecular complexity index is 1260. The molecule has 3 N–H and O–H groups in total. The van der Waals surface area contributed by atoms with Gasteiger partial charge in [0.05, 0.1) is 17.5 Å². The van der Waals surface area contributed by atoms with Crippen LogP contribution in [0.1, 0.15) is 18.5 Å². The summed E-state index contributed by atoms with van der Waals surface area (Å²) in [5, 5.41) is 13.5. The Balaban J connectivity index is 1.29. The van der Waals surface area contributed by atoms with Crippen LogP contribution in [0.25, 0.3) is 10.9 Å². The molecule has 0 bridgehead atoms. The fraction of sp³-hybridized carbons (Fsp3) is 0.591. The Labute approximate surface area is 212 Å². The highest BCUT2D eigenvalue weighted by atomic mass is 35.5. The second kappa shape index (κ2) is 9.58. The number of piperidine rings is 1. The lowest BCUT2D eigenvalue weighted by Crippen LogP contribution is -2.57. The third-order valence-corrected chi connectivity index (χ3v) is 8.47. The van der Waals surface area contributed by atoms with E-state index in [1.807, 2.05) is 18.2 Å². The molecule has 0 spiro atoms. The van der Waals surface area contributed by atoms with Gasteiger partial charge in [-0.05, 0) is 31.0 Å². The van der Waals surface area contributed by atoms with Crippen LogP contribution in [0.2, 0.25) is 5.02 Å². The van der Waals surface area contributed by atoms with E-state index in [0.717, 1.165) is 22.3 Å². The van der Waals surface area contributed by atoms with Crippen molar-refractivity contribution in [3.8, 4) is 0 Å². The molecule has 0 radical (unpaired) electrons. The molecule has 9 nitrogen and oxygen atoms in total. The number of aromatic nitrogens is 1. The smallest absolute Gasteiger partial charge is 0.380 e. The zero-order valence-corrected chi connectivity index (χ0v) is 21.3. The Morgan fingerprint density at radius 2 is 1.94 bits per heavy atom. The number of amidine groups is 1. The Morgan fingerprint density at radius 1 is 1.19 bits per heavy atom. The van der Waals surface area contributed by atoms with Crippen LogP contribution < -0.4 is 10.6 Å². The summed E-state index contributed by atoms with van der Waals surface area (Å²) in [6.07, 6.45) is -1.88. The topological polar surface area (TPSA) is 96.1 Å². The molecule has 2 saturated heterocycles. The summed E-state index contributed by atoms with van der Waals surface area (Å²) in [7, 11) is -3.20. The number of fused-ring (bicyclic) bond motifs is 2. The van der Waals surface area contributed by atoms with E-state index in [4.69, 9.17) is 11.6 Å². The van der Waals surface area contributed by atoms with Crippen molar-refractivity contribution in [2.75, 3.05) is 50.8 Å².